The van der Waals surface area contributed by atoms with Crippen LogP contribution in [-0.4, -0.2) is 24.2 Å². The summed E-state index contributed by atoms with van der Waals surface area (Å²) in [6.07, 6.45) is 3.96. The van der Waals surface area contributed by atoms with Crippen molar-refractivity contribution in [2.75, 3.05) is 13.2 Å². The van der Waals surface area contributed by atoms with Crippen molar-refractivity contribution >= 4 is 17.7 Å². The van der Waals surface area contributed by atoms with Gasteiger partial charge in [0.2, 0.25) is 5.96 Å². The van der Waals surface area contributed by atoms with Crippen molar-refractivity contribution in [2.24, 2.45) is 10.7 Å². The smallest absolute Gasteiger partial charge is 0.203 e. The summed E-state index contributed by atoms with van der Waals surface area (Å²) in [5.74, 6) is 0.263. The summed E-state index contributed by atoms with van der Waals surface area (Å²) in [5, 5.41) is 8.47. The van der Waals surface area contributed by atoms with E-state index in [2.05, 4.69) is 9.83 Å². The van der Waals surface area contributed by atoms with Crippen molar-refractivity contribution in [1.82, 2.24) is 4.84 Å². The van der Waals surface area contributed by atoms with Gasteiger partial charge in [0.1, 0.15) is 0 Å². The molecule has 0 fully saturated rings. The minimum Gasteiger partial charge on any atom is -0.396 e. The van der Waals surface area contributed by atoms with Gasteiger partial charge in [-0.15, -0.1) is 0 Å². The second-order valence-corrected chi connectivity index (χ2v) is 2.69. The first-order valence-corrected chi connectivity index (χ1v) is 4.46. The van der Waals surface area contributed by atoms with Crippen LogP contribution in [0.5, 0.6) is 0 Å². The number of aliphatic hydroxyl groups excluding tert-OH is 1. The Morgan fingerprint density at radius 3 is 2.58 bits per heavy atom. The second-order valence-electron chi connectivity index (χ2n) is 2.50. The molecule has 4 N–H and O–H groups in total. The van der Waals surface area contributed by atoms with Gasteiger partial charge in [0.25, 0.3) is 0 Å². The van der Waals surface area contributed by atoms with Crippen LogP contribution in [0.25, 0.3) is 0 Å². The van der Waals surface area contributed by atoms with Gasteiger partial charge in [0.15, 0.2) is 0 Å². The van der Waals surface area contributed by atoms with Crippen molar-refractivity contribution in [2.45, 2.75) is 25.7 Å². The highest BCUT2D eigenvalue weighted by Crippen LogP contribution is 1.98. The van der Waals surface area contributed by atoms with Crippen LogP contribution in [0.1, 0.15) is 25.7 Å². The summed E-state index contributed by atoms with van der Waals surface area (Å²) in [7, 11) is 0. The van der Waals surface area contributed by atoms with Crippen LogP contribution in [0.3, 0.4) is 0 Å². The van der Waals surface area contributed by atoms with Gasteiger partial charge in [-0.05, 0) is 12.8 Å². The molecule has 72 valence electrons. The number of hydrogen-bond acceptors (Lipinski definition) is 2. The van der Waals surface area contributed by atoms with Crippen molar-refractivity contribution in [3.63, 3.8) is 0 Å². The van der Waals surface area contributed by atoms with Gasteiger partial charge in [-0.25, -0.2) is 0 Å². The number of nitrogens with two attached hydrogens (primary N) is 1. The molecular weight excluding hydrogens is 178 g/mol. The Hall–Kier alpha value is -0.480. The zero-order chi connectivity index (χ0) is 9.23. The van der Waals surface area contributed by atoms with Gasteiger partial charge in [-0.2, -0.15) is 0 Å². The molecule has 0 amide bonds. The number of aliphatic imine (C=N–C) groups is 1. The van der Waals surface area contributed by atoms with Crippen molar-refractivity contribution in [1.29, 1.82) is 0 Å². The van der Waals surface area contributed by atoms with E-state index in [4.69, 9.17) is 22.6 Å². The van der Waals surface area contributed by atoms with Crippen LogP contribution in [-0.2, 0) is 0 Å². The van der Waals surface area contributed by atoms with E-state index in [9.17, 15) is 0 Å². The lowest BCUT2D eigenvalue weighted by Gasteiger charge is -1.97. The fourth-order valence-electron chi connectivity index (χ4n) is 0.807. The fourth-order valence-corrected chi connectivity index (χ4v) is 0.866. The molecule has 0 bridgehead atoms. The van der Waals surface area contributed by atoms with Crippen molar-refractivity contribution in [3.05, 3.63) is 0 Å². The molecule has 0 aromatic rings. The molecule has 4 nitrogen and oxygen atoms in total. The normalized spacial score (nSPS) is 11.7. The predicted octanol–water partition coefficient (Wildman–Crippen LogP) is 0.597. The molecule has 0 saturated carbocycles. The summed E-state index contributed by atoms with van der Waals surface area (Å²) < 4.78 is 0. The van der Waals surface area contributed by atoms with E-state index in [1.165, 1.54) is 0 Å². The van der Waals surface area contributed by atoms with Crippen LogP contribution in [0.4, 0.5) is 0 Å². The Morgan fingerprint density at radius 1 is 1.33 bits per heavy atom. The van der Waals surface area contributed by atoms with Gasteiger partial charge >= 0.3 is 0 Å². The Labute approximate surface area is 77.9 Å². The van der Waals surface area contributed by atoms with Gasteiger partial charge < -0.3 is 10.8 Å². The van der Waals surface area contributed by atoms with Crippen LogP contribution >= 0.6 is 11.8 Å². The lowest BCUT2D eigenvalue weighted by atomic mass is 10.2. The Morgan fingerprint density at radius 2 is 2.00 bits per heavy atom. The van der Waals surface area contributed by atoms with Gasteiger partial charge in [-0.3, -0.25) is 9.83 Å². The average Bonchev–Trinajstić information content (AvgIpc) is 2.10. The number of nitrogens with one attached hydrogen (secondary N) is 1. The number of rotatable bonds is 6. The third kappa shape index (κ3) is 7.63. The number of halogens is 1. The quantitative estimate of drug-likeness (QED) is 0.250. The van der Waals surface area contributed by atoms with E-state index in [0.717, 1.165) is 25.7 Å². The van der Waals surface area contributed by atoms with Crippen molar-refractivity contribution in [3.8, 4) is 0 Å². The maximum atomic E-state index is 8.47. The molecule has 0 aliphatic heterocycles. The van der Waals surface area contributed by atoms with E-state index in [1.54, 1.807) is 0 Å². The molecule has 0 aromatic heterocycles. The predicted molar refractivity (Wildman–Crippen MR) is 51.0 cm³/mol. The fraction of sp³-hybridized carbons (Fsp3) is 0.857. The van der Waals surface area contributed by atoms with Crippen LogP contribution < -0.4 is 10.6 Å². The molecule has 0 atom stereocenters. The van der Waals surface area contributed by atoms with E-state index in [0.29, 0.717) is 6.54 Å². The molecule has 0 unspecified atom stereocenters. The van der Waals surface area contributed by atoms with Gasteiger partial charge in [0, 0.05) is 24.9 Å². The molecule has 0 heterocycles. The molecule has 0 aromatic carbocycles. The van der Waals surface area contributed by atoms with E-state index in [-0.39, 0.29) is 12.6 Å². The van der Waals surface area contributed by atoms with Crippen LogP contribution in [0.15, 0.2) is 4.99 Å². The first-order chi connectivity index (χ1) is 5.81. The molecule has 12 heavy (non-hydrogen) atoms. The number of hydrogen-bond donors (Lipinski definition) is 3. The lowest BCUT2D eigenvalue weighted by Crippen LogP contribution is -2.23. The monoisotopic (exact) mass is 193 g/mol. The molecule has 5 heteroatoms. The van der Waals surface area contributed by atoms with E-state index < -0.39 is 0 Å². The molecule has 0 aliphatic rings. The molecule has 0 spiro atoms. The summed E-state index contributed by atoms with van der Waals surface area (Å²) in [6, 6.07) is 0. The maximum absolute atomic E-state index is 8.47. The Bertz CT molecular complexity index is 130. The molecular formula is C7H16ClN3O. The van der Waals surface area contributed by atoms with Gasteiger partial charge in [0.05, 0.1) is 0 Å². The zero-order valence-electron chi connectivity index (χ0n) is 7.09. The zero-order valence-corrected chi connectivity index (χ0v) is 7.85. The summed E-state index contributed by atoms with van der Waals surface area (Å²) >= 11 is 5.18. The minimum absolute atomic E-state index is 0.263. The van der Waals surface area contributed by atoms with E-state index in [1.807, 2.05) is 0 Å². The van der Waals surface area contributed by atoms with Crippen molar-refractivity contribution < 1.29 is 5.11 Å². The number of nitrogens with zero attached hydrogens (tertiary/aromatic N) is 1. The third-order valence-corrected chi connectivity index (χ3v) is 1.64. The highest BCUT2D eigenvalue weighted by Gasteiger charge is 1.89. The maximum Gasteiger partial charge on any atom is 0.203 e. The topological polar surface area (TPSA) is 70.6 Å². The number of guanidine groups is 1. The molecule has 0 saturated heterocycles. The number of unbranched alkanes of at least 4 members (excludes halogenated alkanes) is 3. The molecule has 0 radical (unpaired) electrons. The van der Waals surface area contributed by atoms with E-state index >= 15 is 0 Å². The first kappa shape index (κ1) is 11.5. The molecule has 0 aliphatic carbocycles. The Kier molecular flexibility index (Phi) is 8.27. The largest absolute Gasteiger partial charge is 0.396 e. The summed E-state index contributed by atoms with van der Waals surface area (Å²) in [5.41, 5.74) is 5.28. The van der Waals surface area contributed by atoms with Gasteiger partial charge in [-0.1, -0.05) is 12.8 Å². The first-order valence-electron chi connectivity index (χ1n) is 4.08. The second kappa shape index (κ2) is 8.62. The highest BCUT2D eigenvalue weighted by atomic mass is 35.5. The minimum atomic E-state index is 0.263. The molecule has 0 rings (SSSR count). The van der Waals surface area contributed by atoms with Crippen LogP contribution in [0.2, 0.25) is 0 Å². The lowest BCUT2D eigenvalue weighted by molar-refractivity contribution is 0.282. The Balaban J connectivity index is 3.10. The standard InChI is InChI=1S/C7H16ClN3O/c8-11-7(9)10-5-3-1-2-4-6-12/h12H,1-6H2,(H3,9,10,11). The average molecular weight is 194 g/mol. The summed E-state index contributed by atoms with van der Waals surface area (Å²) in [6.45, 7) is 0.964. The third-order valence-electron chi connectivity index (χ3n) is 1.45. The van der Waals surface area contributed by atoms with Crippen LogP contribution in [0, 0.1) is 0 Å². The number of aliphatic hydroxyl groups is 1. The summed E-state index contributed by atoms with van der Waals surface area (Å²) in [4.78, 5) is 6.16. The highest BCUT2D eigenvalue weighted by molar-refractivity contribution is 6.21. The SMILES string of the molecule is NC(=NCCCCCCO)NCl.